The zero-order valence-corrected chi connectivity index (χ0v) is 14.9. The Hall–Kier alpha value is -3.30. The summed E-state index contributed by atoms with van der Waals surface area (Å²) in [6.07, 6.45) is 0.892. The van der Waals surface area contributed by atoms with Crippen LogP contribution in [0.15, 0.2) is 48.5 Å². The number of carbonyl (C=O) groups excluding carboxylic acids is 2. The molecule has 1 aliphatic heterocycles. The Kier molecular flexibility index (Phi) is 5.67. The van der Waals surface area contributed by atoms with Gasteiger partial charge in [0.2, 0.25) is 5.91 Å². The monoisotopic (exact) mass is 385 g/mol. The van der Waals surface area contributed by atoms with E-state index in [4.69, 9.17) is 9.94 Å². The van der Waals surface area contributed by atoms with Gasteiger partial charge >= 0.3 is 0 Å². The lowest BCUT2D eigenvalue weighted by Crippen LogP contribution is -2.44. The molecule has 1 saturated heterocycles. The number of rotatable bonds is 5. The SMILES string of the molecule is O=C(NO)c1ccc(NC(=O)C2(c3ccc([N+](=O)[O-])cc3)CCOCC2)cc1. The summed E-state index contributed by atoms with van der Waals surface area (Å²) in [5.74, 6) is -0.895. The minimum absolute atomic E-state index is 0.0379. The van der Waals surface area contributed by atoms with Crippen LogP contribution in [0, 0.1) is 10.1 Å². The Balaban J connectivity index is 1.85. The topological polar surface area (TPSA) is 131 Å². The summed E-state index contributed by atoms with van der Waals surface area (Å²) in [5.41, 5.74) is 2.07. The Morgan fingerprint density at radius 1 is 1.04 bits per heavy atom. The van der Waals surface area contributed by atoms with E-state index in [-0.39, 0.29) is 17.2 Å². The van der Waals surface area contributed by atoms with Crippen LogP contribution < -0.4 is 10.8 Å². The lowest BCUT2D eigenvalue weighted by molar-refractivity contribution is -0.384. The van der Waals surface area contributed by atoms with Gasteiger partial charge in [-0.15, -0.1) is 0 Å². The second-order valence-corrected chi connectivity index (χ2v) is 6.47. The minimum Gasteiger partial charge on any atom is -0.381 e. The first-order chi connectivity index (χ1) is 13.5. The zero-order valence-electron chi connectivity index (χ0n) is 14.9. The summed E-state index contributed by atoms with van der Waals surface area (Å²) in [5, 5.41) is 22.4. The van der Waals surface area contributed by atoms with E-state index in [1.54, 1.807) is 29.7 Å². The second kappa shape index (κ2) is 8.15. The van der Waals surface area contributed by atoms with Crippen molar-refractivity contribution in [3.8, 4) is 0 Å². The molecule has 2 aromatic carbocycles. The van der Waals surface area contributed by atoms with Crippen LogP contribution in [0.2, 0.25) is 0 Å². The van der Waals surface area contributed by atoms with Crippen molar-refractivity contribution in [3.63, 3.8) is 0 Å². The maximum absolute atomic E-state index is 13.2. The van der Waals surface area contributed by atoms with Crippen LogP contribution in [-0.4, -0.2) is 35.2 Å². The molecular weight excluding hydrogens is 366 g/mol. The number of anilines is 1. The maximum Gasteiger partial charge on any atom is 0.274 e. The van der Waals surface area contributed by atoms with E-state index in [0.717, 1.165) is 0 Å². The number of nitro groups is 1. The molecule has 0 spiro atoms. The number of benzene rings is 2. The molecule has 2 aromatic rings. The number of amides is 2. The number of non-ortho nitro benzene ring substituents is 1. The van der Waals surface area contributed by atoms with E-state index in [9.17, 15) is 19.7 Å². The van der Waals surface area contributed by atoms with Gasteiger partial charge in [-0.05, 0) is 42.7 Å². The number of nitrogens with zero attached hydrogens (tertiary/aromatic N) is 1. The maximum atomic E-state index is 13.2. The standard InChI is InChI=1S/C19H19N3O6/c23-17(21-25)13-1-5-15(6-2-13)20-18(24)19(9-11-28-12-10-19)14-3-7-16(8-4-14)22(26)27/h1-8,25H,9-12H2,(H,20,24)(H,21,23). The van der Waals surface area contributed by atoms with E-state index in [0.29, 0.717) is 37.3 Å². The Labute approximate surface area is 160 Å². The highest BCUT2D eigenvalue weighted by Gasteiger charge is 2.42. The van der Waals surface area contributed by atoms with E-state index in [1.807, 2.05) is 0 Å². The third-order valence-corrected chi connectivity index (χ3v) is 4.92. The second-order valence-electron chi connectivity index (χ2n) is 6.47. The largest absolute Gasteiger partial charge is 0.381 e. The van der Waals surface area contributed by atoms with Crippen LogP contribution in [0.4, 0.5) is 11.4 Å². The summed E-state index contributed by atoms with van der Waals surface area (Å²) < 4.78 is 5.41. The summed E-state index contributed by atoms with van der Waals surface area (Å²) in [4.78, 5) is 35.0. The Bertz CT molecular complexity index is 874. The van der Waals surface area contributed by atoms with Gasteiger partial charge in [0, 0.05) is 36.6 Å². The molecule has 3 rings (SSSR count). The molecule has 1 aliphatic rings. The highest BCUT2D eigenvalue weighted by molar-refractivity contribution is 6.00. The molecular formula is C19H19N3O6. The van der Waals surface area contributed by atoms with Gasteiger partial charge < -0.3 is 10.1 Å². The van der Waals surface area contributed by atoms with Crippen molar-refractivity contribution in [1.82, 2.24) is 5.48 Å². The van der Waals surface area contributed by atoms with Crippen molar-refractivity contribution in [2.75, 3.05) is 18.5 Å². The van der Waals surface area contributed by atoms with E-state index in [2.05, 4.69) is 5.32 Å². The fourth-order valence-electron chi connectivity index (χ4n) is 3.29. The van der Waals surface area contributed by atoms with Crippen LogP contribution in [0.25, 0.3) is 0 Å². The molecule has 28 heavy (non-hydrogen) atoms. The van der Waals surface area contributed by atoms with Crippen LogP contribution in [0.3, 0.4) is 0 Å². The molecule has 146 valence electrons. The molecule has 9 nitrogen and oxygen atoms in total. The predicted molar refractivity (Wildman–Crippen MR) is 99.2 cm³/mol. The first-order valence-electron chi connectivity index (χ1n) is 8.65. The number of ether oxygens (including phenoxy) is 1. The number of carbonyl (C=O) groups is 2. The first-order valence-corrected chi connectivity index (χ1v) is 8.65. The molecule has 0 radical (unpaired) electrons. The van der Waals surface area contributed by atoms with Gasteiger partial charge in [-0.1, -0.05) is 12.1 Å². The highest BCUT2D eigenvalue weighted by atomic mass is 16.6. The van der Waals surface area contributed by atoms with Gasteiger partial charge in [0.15, 0.2) is 0 Å². The van der Waals surface area contributed by atoms with E-state index < -0.39 is 16.2 Å². The third-order valence-electron chi connectivity index (χ3n) is 4.92. The molecule has 0 saturated carbocycles. The fourth-order valence-corrected chi connectivity index (χ4v) is 3.29. The number of nitrogens with one attached hydrogen (secondary N) is 2. The number of nitro benzene ring substituents is 1. The number of hydrogen-bond acceptors (Lipinski definition) is 6. The fraction of sp³-hybridized carbons (Fsp3) is 0.263. The van der Waals surface area contributed by atoms with Gasteiger partial charge in [0.1, 0.15) is 0 Å². The lowest BCUT2D eigenvalue weighted by Gasteiger charge is -2.36. The van der Waals surface area contributed by atoms with Crippen molar-refractivity contribution < 1.29 is 24.5 Å². The highest BCUT2D eigenvalue weighted by Crippen LogP contribution is 2.37. The van der Waals surface area contributed by atoms with Gasteiger partial charge in [-0.3, -0.25) is 24.9 Å². The molecule has 0 aliphatic carbocycles. The molecule has 0 unspecified atom stereocenters. The lowest BCUT2D eigenvalue weighted by atomic mass is 9.73. The van der Waals surface area contributed by atoms with Gasteiger partial charge in [0.05, 0.1) is 10.3 Å². The number of hydrogen-bond donors (Lipinski definition) is 3. The molecule has 1 heterocycles. The van der Waals surface area contributed by atoms with Crippen LogP contribution >= 0.6 is 0 Å². The molecule has 0 atom stereocenters. The molecule has 2 amide bonds. The van der Waals surface area contributed by atoms with Crippen LogP contribution in [0.1, 0.15) is 28.8 Å². The van der Waals surface area contributed by atoms with Crippen molar-refractivity contribution in [2.24, 2.45) is 0 Å². The average molecular weight is 385 g/mol. The van der Waals surface area contributed by atoms with Crippen LogP contribution in [-0.2, 0) is 14.9 Å². The van der Waals surface area contributed by atoms with Gasteiger partial charge in [-0.2, -0.15) is 0 Å². The van der Waals surface area contributed by atoms with Gasteiger partial charge in [-0.25, -0.2) is 5.48 Å². The normalized spacial score (nSPS) is 15.5. The van der Waals surface area contributed by atoms with Crippen molar-refractivity contribution in [3.05, 3.63) is 69.8 Å². The quantitative estimate of drug-likeness (QED) is 0.411. The summed E-state index contributed by atoms with van der Waals surface area (Å²) in [6.45, 7) is 0.806. The number of hydroxylamine groups is 1. The average Bonchev–Trinajstić information content (AvgIpc) is 2.74. The molecule has 1 fully saturated rings. The van der Waals surface area contributed by atoms with E-state index in [1.165, 1.54) is 24.3 Å². The molecule has 0 bridgehead atoms. The molecule has 9 heteroatoms. The summed E-state index contributed by atoms with van der Waals surface area (Å²) >= 11 is 0. The minimum atomic E-state index is -0.867. The van der Waals surface area contributed by atoms with Crippen LogP contribution in [0.5, 0.6) is 0 Å². The van der Waals surface area contributed by atoms with Gasteiger partial charge in [0.25, 0.3) is 11.6 Å². The molecule has 0 aromatic heterocycles. The van der Waals surface area contributed by atoms with Crippen molar-refractivity contribution >= 4 is 23.2 Å². The summed E-state index contributed by atoms with van der Waals surface area (Å²) in [7, 11) is 0. The predicted octanol–water partition coefficient (Wildman–Crippen LogP) is 2.40. The zero-order chi connectivity index (χ0) is 20.1. The Morgan fingerprint density at radius 3 is 2.18 bits per heavy atom. The summed E-state index contributed by atoms with van der Waals surface area (Å²) in [6, 6.07) is 12.1. The molecule has 3 N–H and O–H groups in total. The third kappa shape index (κ3) is 3.85. The Morgan fingerprint density at radius 2 is 1.64 bits per heavy atom. The van der Waals surface area contributed by atoms with Crippen molar-refractivity contribution in [2.45, 2.75) is 18.3 Å². The first kappa shape index (κ1) is 19.5. The van der Waals surface area contributed by atoms with E-state index >= 15 is 0 Å². The van der Waals surface area contributed by atoms with Crippen molar-refractivity contribution in [1.29, 1.82) is 0 Å². The smallest absolute Gasteiger partial charge is 0.274 e.